The standard InChI is InChI=1S/C20H23NO4/c1-3-22-17-10-13-8-9-21-19(15(13)11-18(17)23-4-2)14-6-5-7-16-20(14)25-12-24-16/h5-7,10-11,19,21H,3-4,8-9,12H2,1-2H3/t19-/m1/s1. The zero-order chi connectivity index (χ0) is 17.2. The van der Waals surface area contributed by atoms with Crippen LogP contribution < -0.4 is 24.3 Å². The van der Waals surface area contributed by atoms with Crippen LogP contribution in [0, 0.1) is 0 Å². The molecule has 0 unspecified atom stereocenters. The molecule has 132 valence electrons. The molecule has 0 spiro atoms. The van der Waals surface area contributed by atoms with E-state index in [1.54, 1.807) is 0 Å². The number of ether oxygens (including phenoxy) is 4. The molecule has 0 bridgehead atoms. The van der Waals surface area contributed by atoms with Gasteiger partial charge in [-0.2, -0.15) is 0 Å². The summed E-state index contributed by atoms with van der Waals surface area (Å²) in [5.41, 5.74) is 3.59. The third kappa shape index (κ3) is 2.89. The van der Waals surface area contributed by atoms with Crippen LogP contribution in [-0.4, -0.2) is 26.6 Å². The van der Waals surface area contributed by atoms with E-state index in [9.17, 15) is 0 Å². The molecule has 0 aromatic heterocycles. The molecule has 25 heavy (non-hydrogen) atoms. The molecule has 0 saturated heterocycles. The molecule has 4 rings (SSSR count). The van der Waals surface area contributed by atoms with Gasteiger partial charge in [-0.3, -0.25) is 0 Å². The maximum absolute atomic E-state index is 5.82. The van der Waals surface area contributed by atoms with Gasteiger partial charge in [-0.1, -0.05) is 12.1 Å². The summed E-state index contributed by atoms with van der Waals surface area (Å²) in [5, 5.41) is 3.61. The molecular weight excluding hydrogens is 318 g/mol. The summed E-state index contributed by atoms with van der Waals surface area (Å²) < 4.78 is 22.9. The number of rotatable bonds is 5. The van der Waals surface area contributed by atoms with Gasteiger partial charge in [0.05, 0.1) is 19.3 Å². The van der Waals surface area contributed by atoms with Crippen molar-refractivity contribution in [2.24, 2.45) is 0 Å². The van der Waals surface area contributed by atoms with Crippen molar-refractivity contribution < 1.29 is 18.9 Å². The maximum atomic E-state index is 5.82. The third-order valence-electron chi connectivity index (χ3n) is 4.60. The minimum absolute atomic E-state index is 0.0512. The fourth-order valence-electron chi connectivity index (χ4n) is 3.56. The van der Waals surface area contributed by atoms with Crippen molar-refractivity contribution in [3.05, 3.63) is 47.0 Å². The van der Waals surface area contributed by atoms with Gasteiger partial charge in [0, 0.05) is 12.1 Å². The normalized spacial score (nSPS) is 17.9. The molecule has 0 radical (unpaired) electrons. The van der Waals surface area contributed by atoms with Crippen molar-refractivity contribution in [3.63, 3.8) is 0 Å². The Morgan fingerprint density at radius 1 is 1.04 bits per heavy atom. The molecule has 2 aromatic carbocycles. The van der Waals surface area contributed by atoms with Crippen molar-refractivity contribution in [2.45, 2.75) is 26.3 Å². The van der Waals surface area contributed by atoms with Gasteiger partial charge in [-0.15, -0.1) is 0 Å². The Morgan fingerprint density at radius 2 is 1.84 bits per heavy atom. The highest BCUT2D eigenvalue weighted by Crippen LogP contribution is 2.44. The lowest BCUT2D eigenvalue weighted by Gasteiger charge is -2.29. The zero-order valence-corrected chi connectivity index (χ0v) is 14.6. The van der Waals surface area contributed by atoms with Crippen LogP contribution in [0.3, 0.4) is 0 Å². The highest BCUT2D eigenvalue weighted by molar-refractivity contribution is 5.56. The number of nitrogens with one attached hydrogen (secondary N) is 1. The molecule has 2 aliphatic heterocycles. The van der Waals surface area contributed by atoms with Crippen molar-refractivity contribution in [1.29, 1.82) is 0 Å². The Hall–Kier alpha value is -2.40. The van der Waals surface area contributed by atoms with Crippen LogP contribution in [0.25, 0.3) is 0 Å². The van der Waals surface area contributed by atoms with Crippen molar-refractivity contribution in [3.8, 4) is 23.0 Å². The summed E-state index contributed by atoms with van der Waals surface area (Å²) in [4.78, 5) is 0. The summed E-state index contributed by atoms with van der Waals surface area (Å²) >= 11 is 0. The molecule has 2 aliphatic rings. The predicted octanol–water partition coefficient (Wildman–Crippen LogP) is 3.45. The van der Waals surface area contributed by atoms with Gasteiger partial charge in [-0.25, -0.2) is 0 Å². The molecule has 0 amide bonds. The van der Waals surface area contributed by atoms with E-state index in [-0.39, 0.29) is 12.8 Å². The number of fused-ring (bicyclic) bond motifs is 2. The first-order valence-corrected chi connectivity index (χ1v) is 8.86. The molecule has 2 heterocycles. The monoisotopic (exact) mass is 341 g/mol. The van der Waals surface area contributed by atoms with E-state index in [4.69, 9.17) is 18.9 Å². The Morgan fingerprint density at radius 3 is 2.64 bits per heavy atom. The lowest BCUT2D eigenvalue weighted by atomic mass is 9.89. The predicted molar refractivity (Wildman–Crippen MR) is 94.9 cm³/mol. The third-order valence-corrected chi connectivity index (χ3v) is 4.60. The number of hydrogen-bond acceptors (Lipinski definition) is 5. The van der Waals surface area contributed by atoms with Gasteiger partial charge in [0.25, 0.3) is 0 Å². The minimum atomic E-state index is 0.0512. The van der Waals surface area contributed by atoms with Crippen LogP contribution in [0.4, 0.5) is 0 Å². The molecule has 5 nitrogen and oxygen atoms in total. The largest absolute Gasteiger partial charge is 0.490 e. The van der Waals surface area contributed by atoms with Gasteiger partial charge in [0.2, 0.25) is 6.79 Å². The fraction of sp³-hybridized carbons (Fsp3) is 0.400. The maximum Gasteiger partial charge on any atom is 0.231 e. The van der Waals surface area contributed by atoms with Gasteiger partial charge in [0.1, 0.15) is 0 Å². The van der Waals surface area contributed by atoms with E-state index in [0.717, 1.165) is 41.5 Å². The van der Waals surface area contributed by atoms with E-state index < -0.39 is 0 Å². The number of para-hydroxylation sites is 1. The van der Waals surface area contributed by atoms with Crippen LogP contribution >= 0.6 is 0 Å². The Balaban J connectivity index is 1.79. The Kier molecular flexibility index (Phi) is 4.40. The Bertz CT molecular complexity index is 775. The van der Waals surface area contributed by atoms with Crippen molar-refractivity contribution in [1.82, 2.24) is 5.32 Å². The van der Waals surface area contributed by atoms with Crippen molar-refractivity contribution in [2.75, 3.05) is 26.6 Å². The lowest BCUT2D eigenvalue weighted by molar-refractivity contribution is 0.173. The quantitative estimate of drug-likeness (QED) is 0.903. The molecule has 1 N–H and O–H groups in total. The molecule has 0 saturated carbocycles. The second-order valence-corrected chi connectivity index (χ2v) is 6.08. The van der Waals surface area contributed by atoms with E-state index in [1.165, 1.54) is 11.1 Å². The van der Waals surface area contributed by atoms with Crippen LogP contribution in [0.1, 0.15) is 36.6 Å². The van der Waals surface area contributed by atoms with E-state index >= 15 is 0 Å². The van der Waals surface area contributed by atoms with Gasteiger partial charge in [0.15, 0.2) is 23.0 Å². The second-order valence-electron chi connectivity index (χ2n) is 6.08. The summed E-state index contributed by atoms with van der Waals surface area (Å²) in [7, 11) is 0. The molecule has 5 heteroatoms. The average Bonchev–Trinajstić information content (AvgIpc) is 3.11. The van der Waals surface area contributed by atoms with Crippen LogP contribution in [0.5, 0.6) is 23.0 Å². The first-order valence-electron chi connectivity index (χ1n) is 8.86. The number of hydrogen-bond donors (Lipinski definition) is 1. The smallest absolute Gasteiger partial charge is 0.231 e. The molecule has 0 aliphatic carbocycles. The molecular formula is C20H23NO4. The Labute approximate surface area is 147 Å². The molecule has 2 aromatic rings. The first kappa shape index (κ1) is 16.1. The van der Waals surface area contributed by atoms with E-state index in [2.05, 4.69) is 23.5 Å². The minimum Gasteiger partial charge on any atom is -0.490 e. The summed E-state index contributed by atoms with van der Waals surface area (Å²) in [6, 6.07) is 10.3. The van der Waals surface area contributed by atoms with E-state index in [1.807, 2.05) is 26.0 Å². The zero-order valence-electron chi connectivity index (χ0n) is 14.6. The second kappa shape index (κ2) is 6.84. The van der Waals surface area contributed by atoms with Crippen LogP contribution in [-0.2, 0) is 6.42 Å². The van der Waals surface area contributed by atoms with Gasteiger partial charge < -0.3 is 24.3 Å². The highest BCUT2D eigenvalue weighted by atomic mass is 16.7. The van der Waals surface area contributed by atoms with Gasteiger partial charge in [-0.05, 0) is 49.6 Å². The summed E-state index contributed by atoms with van der Waals surface area (Å²) in [5.74, 6) is 3.25. The van der Waals surface area contributed by atoms with Gasteiger partial charge >= 0.3 is 0 Å². The SMILES string of the molecule is CCOc1cc2c(cc1OCC)[C@@H](c1cccc3c1OCO3)NCC2. The summed E-state index contributed by atoms with van der Waals surface area (Å²) in [6.07, 6.45) is 0.963. The van der Waals surface area contributed by atoms with E-state index in [0.29, 0.717) is 13.2 Å². The summed E-state index contributed by atoms with van der Waals surface area (Å²) in [6.45, 7) is 6.39. The molecule has 0 fully saturated rings. The van der Waals surface area contributed by atoms with Crippen LogP contribution in [0.2, 0.25) is 0 Å². The average molecular weight is 341 g/mol. The first-order chi connectivity index (χ1) is 12.3. The van der Waals surface area contributed by atoms with Crippen molar-refractivity contribution >= 4 is 0 Å². The highest BCUT2D eigenvalue weighted by Gasteiger charge is 2.29. The lowest BCUT2D eigenvalue weighted by Crippen LogP contribution is -2.31. The molecule has 1 atom stereocenters. The van der Waals surface area contributed by atoms with Crippen LogP contribution in [0.15, 0.2) is 30.3 Å². The fourth-order valence-corrected chi connectivity index (χ4v) is 3.56. The number of benzene rings is 2. The topological polar surface area (TPSA) is 49.0 Å².